The molecule has 0 amide bonds. The van der Waals surface area contributed by atoms with Crippen molar-refractivity contribution in [3.8, 4) is 0 Å². The number of esters is 3. The van der Waals surface area contributed by atoms with Crippen LogP contribution in [0.2, 0.25) is 0 Å². The summed E-state index contributed by atoms with van der Waals surface area (Å²) in [6.07, 6.45) is 70.4. The second-order valence-corrected chi connectivity index (χ2v) is 18.9. The Morgan fingerprint density at radius 2 is 0.582 bits per heavy atom. The number of allylic oxidation sites excluding steroid dienone is 12. The lowest BCUT2D eigenvalue weighted by Crippen LogP contribution is -2.30. The standard InChI is InChI=1S/C61H106O6/c1-4-7-10-13-16-19-22-25-27-29-31-33-36-39-42-45-48-51-54-60(63)66-57-58(56-65-59(62)53-50-47-44-41-38-35-24-21-18-15-12-9-6-3)67-61(64)55-52-49-46-43-40-37-34-32-30-28-26-23-20-17-14-11-8-5-2/h9,12,15,18,21,24,27,29,31,33,35,38,58H,4-8,10-11,13-14,16-17,19-20,22-23,25-26,28,30,32,34,36-37,39-57H2,1-3H3/b12-9-,18-15-,24-21-,29-27-,33-31-,38-35-. The minimum absolute atomic E-state index is 0.0944. The van der Waals surface area contributed by atoms with E-state index >= 15 is 0 Å². The Hall–Kier alpha value is -3.15. The minimum atomic E-state index is -0.796. The summed E-state index contributed by atoms with van der Waals surface area (Å²) in [6.45, 7) is 6.47. The summed E-state index contributed by atoms with van der Waals surface area (Å²) in [5, 5.41) is 0. The first kappa shape index (κ1) is 63.8. The molecule has 0 N–H and O–H groups in total. The van der Waals surface area contributed by atoms with Crippen molar-refractivity contribution in [2.45, 2.75) is 284 Å². The van der Waals surface area contributed by atoms with Gasteiger partial charge in [0.15, 0.2) is 6.10 Å². The molecule has 0 radical (unpaired) electrons. The van der Waals surface area contributed by atoms with Gasteiger partial charge in [-0.1, -0.05) is 267 Å². The van der Waals surface area contributed by atoms with Gasteiger partial charge in [-0.15, -0.1) is 0 Å². The van der Waals surface area contributed by atoms with Crippen molar-refractivity contribution in [3.63, 3.8) is 0 Å². The van der Waals surface area contributed by atoms with Crippen LogP contribution in [0.5, 0.6) is 0 Å². The number of carbonyl (C=O) groups excluding carboxylic acids is 3. The van der Waals surface area contributed by atoms with E-state index in [4.69, 9.17) is 14.2 Å². The van der Waals surface area contributed by atoms with Crippen LogP contribution in [0.25, 0.3) is 0 Å². The Morgan fingerprint density at radius 1 is 0.313 bits per heavy atom. The molecule has 0 rings (SSSR count). The number of rotatable bonds is 51. The van der Waals surface area contributed by atoms with Crippen LogP contribution < -0.4 is 0 Å². The van der Waals surface area contributed by atoms with Crippen LogP contribution in [0, 0.1) is 0 Å². The normalized spacial score (nSPS) is 12.6. The molecule has 0 saturated carbocycles. The molecular formula is C61H106O6. The van der Waals surface area contributed by atoms with E-state index in [1.807, 2.05) is 30.4 Å². The molecule has 0 aromatic heterocycles. The molecule has 1 atom stereocenters. The lowest BCUT2D eigenvalue weighted by molar-refractivity contribution is -0.167. The molecule has 6 heteroatoms. The van der Waals surface area contributed by atoms with Gasteiger partial charge < -0.3 is 14.2 Å². The summed E-state index contributed by atoms with van der Waals surface area (Å²) >= 11 is 0. The van der Waals surface area contributed by atoms with Crippen LogP contribution >= 0.6 is 0 Å². The van der Waals surface area contributed by atoms with Crippen molar-refractivity contribution < 1.29 is 28.6 Å². The highest BCUT2D eigenvalue weighted by atomic mass is 16.6. The van der Waals surface area contributed by atoms with Crippen LogP contribution in [-0.4, -0.2) is 37.2 Å². The first-order chi connectivity index (χ1) is 33.0. The summed E-state index contributed by atoms with van der Waals surface area (Å²) in [6, 6.07) is 0. The second-order valence-electron chi connectivity index (χ2n) is 18.9. The lowest BCUT2D eigenvalue weighted by atomic mass is 10.0. The molecule has 67 heavy (non-hydrogen) atoms. The van der Waals surface area contributed by atoms with Gasteiger partial charge in [-0.2, -0.15) is 0 Å². The van der Waals surface area contributed by atoms with Gasteiger partial charge in [0.05, 0.1) is 0 Å². The fourth-order valence-electron chi connectivity index (χ4n) is 8.03. The molecule has 386 valence electrons. The Labute approximate surface area is 414 Å². The molecule has 0 spiro atoms. The molecule has 0 saturated heterocycles. The van der Waals surface area contributed by atoms with Gasteiger partial charge in [-0.05, 0) is 64.2 Å². The van der Waals surface area contributed by atoms with E-state index in [1.54, 1.807) is 0 Å². The summed E-state index contributed by atoms with van der Waals surface area (Å²) in [5.74, 6) is -0.938. The van der Waals surface area contributed by atoms with Crippen molar-refractivity contribution in [2.24, 2.45) is 0 Å². The third-order valence-electron chi connectivity index (χ3n) is 12.3. The van der Waals surface area contributed by atoms with E-state index in [9.17, 15) is 14.4 Å². The Bertz CT molecular complexity index is 1260. The highest BCUT2D eigenvalue weighted by Gasteiger charge is 2.19. The van der Waals surface area contributed by atoms with Gasteiger partial charge >= 0.3 is 17.9 Å². The minimum Gasteiger partial charge on any atom is -0.462 e. The lowest BCUT2D eigenvalue weighted by Gasteiger charge is -2.18. The highest BCUT2D eigenvalue weighted by molar-refractivity contribution is 5.71. The van der Waals surface area contributed by atoms with E-state index in [2.05, 4.69) is 63.3 Å². The quantitative estimate of drug-likeness (QED) is 0.0262. The van der Waals surface area contributed by atoms with Crippen LogP contribution in [0.4, 0.5) is 0 Å². The Balaban J connectivity index is 4.41. The van der Waals surface area contributed by atoms with Crippen molar-refractivity contribution >= 4 is 17.9 Å². The second kappa shape index (κ2) is 55.4. The average molecular weight is 936 g/mol. The van der Waals surface area contributed by atoms with E-state index in [-0.39, 0.29) is 31.1 Å². The first-order valence-corrected chi connectivity index (χ1v) is 28.5. The molecule has 0 aromatic carbocycles. The number of hydrogen-bond donors (Lipinski definition) is 0. The van der Waals surface area contributed by atoms with Gasteiger partial charge in [0, 0.05) is 19.3 Å². The monoisotopic (exact) mass is 935 g/mol. The molecule has 0 fully saturated rings. The maximum atomic E-state index is 12.9. The van der Waals surface area contributed by atoms with Crippen molar-refractivity contribution in [3.05, 3.63) is 72.9 Å². The maximum absolute atomic E-state index is 12.9. The molecule has 0 bridgehead atoms. The predicted octanol–water partition coefficient (Wildman–Crippen LogP) is 19.0. The SMILES string of the molecule is CC\C=C/C=C\C=C/C=C\CCCCCC(=O)OCC(COC(=O)CCCCCCC/C=C\C=C/CCCCCCCCC)OC(=O)CCCCCCCCCCCCCCCCCCCC. The smallest absolute Gasteiger partial charge is 0.306 e. The first-order valence-electron chi connectivity index (χ1n) is 28.5. The number of ether oxygens (including phenoxy) is 3. The maximum Gasteiger partial charge on any atom is 0.306 e. The fourth-order valence-corrected chi connectivity index (χ4v) is 8.03. The summed E-state index contributed by atoms with van der Waals surface area (Å²) in [4.78, 5) is 38.1. The molecule has 0 aliphatic carbocycles. The molecule has 0 aliphatic rings. The van der Waals surface area contributed by atoms with Gasteiger partial charge in [0.1, 0.15) is 13.2 Å². The zero-order valence-electron chi connectivity index (χ0n) is 44.2. The van der Waals surface area contributed by atoms with Crippen LogP contribution in [0.3, 0.4) is 0 Å². The average Bonchev–Trinajstić information content (AvgIpc) is 3.33. The van der Waals surface area contributed by atoms with Gasteiger partial charge in [0.25, 0.3) is 0 Å². The Morgan fingerprint density at radius 3 is 0.940 bits per heavy atom. The van der Waals surface area contributed by atoms with Gasteiger partial charge in [-0.3, -0.25) is 14.4 Å². The third kappa shape index (κ3) is 53.7. The van der Waals surface area contributed by atoms with E-state index in [0.29, 0.717) is 19.3 Å². The molecular weight excluding hydrogens is 829 g/mol. The topological polar surface area (TPSA) is 78.9 Å². The summed E-state index contributed by atoms with van der Waals surface area (Å²) in [7, 11) is 0. The van der Waals surface area contributed by atoms with Crippen molar-refractivity contribution in [1.29, 1.82) is 0 Å². The van der Waals surface area contributed by atoms with E-state index in [0.717, 1.165) is 89.9 Å². The number of hydrogen-bond acceptors (Lipinski definition) is 6. The molecule has 6 nitrogen and oxygen atoms in total. The molecule has 0 heterocycles. The molecule has 0 aromatic rings. The third-order valence-corrected chi connectivity index (χ3v) is 12.3. The zero-order valence-corrected chi connectivity index (χ0v) is 44.2. The highest BCUT2D eigenvalue weighted by Crippen LogP contribution is 2.16. The molecule has 0 aliphatic heterocycles. The zero-order chi connectivity index (χ0) is 48.6. The largest absolute Gasteiger partial charge is 0.462 e. The summed E-state index contributed by atoms with van der Waals surface area (Å²) in [5.41, 5.74) is 0. The van der Waals surface area contributed by atoms with Crippen molar-refractivity contribution in [2.75, 3.05) is 13.2 Å². The van der Waals surface area contributed by atoms with Crippen LogP contribution in [-0.2, 0) is 28.6 Å². The van der Waals surface area contributed by atoms with Crippen LogP contribution in [0.1, 0.15) is 278 Å². The fraction of sp³-hybridized carbons (Fsp3) is 0.754. The predicted molar refractivity (Wildman–Crippen MR) is 288 cm³/mol. The summed E-state index contributed by atoms with van der Waals surface area (Å²) < 4.78 is 16.8. The van der Waals surface area contributed by atoms with E-state index < -0.39 is 6.10 Å². The van der Waals surface area contributed by atoms with Gasteiger partial charge in [-0.25, -0.2) is 0 Å². The number of carbonyl (C=O) groups is 3. The van der Waals surface area contributed by atoms with E-state index in [1.165, 1.54) is 148 Å². The van der Waals surface area contributed by atoms with Crippen LogP contribution in [0.15, 0.2) is 72.9 Å². The van der Waals surface area contributed by atoms with Gasteiger partial charge in [0.2, 0.25) is 0 Å². The Kier molecular flexibility index (Phi) is 52.8. The van der Waals surface area contributed by atoms with Crippen molar-refractivity contribution in [1.82, 2.24) is 0 Å². The molecule has 1 unspecified atom stereocenters. The number of unbranched alkanes of at least 4 members (excludes halogenated alkanes) is 32.